The molecule has 1 saturated heterocycles. The Morgan fingerprint density at radius 3 is 2.35 bits per heavy atom. The Bertz CT molecular complexity index is 344. The zero-order chi connectivity index (χ0) is 14.6. The molecule has 2 atom stereocenters. The number of ether oxygens (including phenoxy) is 2. The third-order valence-electron chi connectivity index (χ3n) is 3.94. The van der Waals surface area contributed by atoms with E-state index in [1.807, 2.05) is 6.08 Å². The van der Waals surface area contributed by atoms with Gasteiger partial charge in [-0.05, 0) is 25.7 Å². The van der Waals surface area contributed by atoms with Gasteiger partial charge in [0.25, 0.3) is 0 Å². The van der Waals surface area contributed by atoms with E-state index in [0.717, 1.165) is 12.8 Å². The third-order valence-corrected chi connectivity index (χ3v) is 3.94. The summed E-state index contributed by atoms with van der Waals surface area (Å²) in [4.78, 5) is 0. The summed E-state index contributed by atoms with van der Waals surface area (Å²) in [5.41, 5.74) is 0. The molecule has 1 aliphatic heterocycles. The fourth-order valence-corrected chi connectivity index (χ4v) is 2.67. The molecule has 114 valence electrons. The Labute approximate surface area is 117 Å². The number of halogens is 3. The molecule has 0 aromatic carbocycles. The Morgan fingerprint density at radius 1 is 1.15 bits per heavy atom. The van der Waals surface area contributed by atoms with E-state index in [4.69, 9.17) is 9.47 Å². The minimum Gasteiger partial charge on any atom is -0.352 e. The van der Waals surface area contributed by atoms with Crippen LogP contribution in [0.4, 0.5) is 13.2 Å². The van der Waals surface area contributed by atoms with Crippen LogP contribution < -0.4 is 0 Å². The van der Waals surface area contributed by atoms with Crippen molar-refractivity contribution < 1.29 is 22.6 Å². The summed E-state index contributed by atoms with van der Waals surface area (Å²) in [6.07, 6.45) is 2.70. The summed E-state index contributed by atoms with van der Waals surface area (Å²) in [6.45, 7) is 4.91. The minimum atomic E-state index is -4.13. The SMILES string of the molecule is C=CCCC1COC(C2C=CC(C(F)(F)F)CC2)OC1. The molecule has 0 saturated carbocycles. The van der Waals surface area contributed by atoms with Gasteiger partial charge in [0.15, 0.2) is 6.29 Å². The van der Waals surface area contributed by atoms with Gasteiger partial charge in [-0.3, -0.25) is 0 Å². The van der Waals surface area contributed by atoms with Crippen molar-refractivity contribution in [2.45, 2.75) is 38.1 Å². The van der Waals surface area contributed by atoms with Gasteiger partial charge in [-0.2, -0.15) is 13.2 Å². The van der Waals surface area contributed by atoms with Crippen molar-refractivity contribution in [2.24, 2.45) is 17.8 Å². The standard InChI is InChI=1S/C15H21F3O2/c1-2-3-4-11-9-19-14(20-10-11)12-5-7-13(8-6-12)15(16,17)18/h2,5,7,11-14H,1,3-4,6,8-10H2. The molecule has 2 unspecified atom stereocenters. The fraction of sp³-hybridized carbons (Fsp3) is 0.733. The second kappa shape index (κ2) is 6.76. The first-order valence-corrected chi connectivity index (χ1v) is 7.10. The molecule has 2 rings (SSSR count). The van der Waals surface area contributed by atoms with Gasteiger partial charge in [-0.1, -0.05) is 18.2 Å². The number of rotatable bonds is 4. The van der Waals surface area contributed by atoms with Crippen LogP contribution in [0.1, 0.15) is 25.7 Å². The largest absolute Gasteiger partial charge is 0.395 e. The molecular weight excluding hydrogens is 269 g/mol. The highest BCUT2D eigenvalue weighted by Crippen LogP contribution is 2.37. The highest BCUT2D eigenvalue weighted by atomic mass is 19.4. The molecule has 0 aromatic rings. The summed E-state index contributed by atoms with van der Waals surface area (Å²) >= 11 is 0. The monoisotopic (exact) mass is 290 g/mol. The van der Waals surface area contributed by atoms with Gasteiger partial charge in [0.05, 0.1) is 19.1 Å². The number of allylic oxidation sites excluding steroid dienone is 2. The van der Waals surface area contributed by atoms with E-state index in [1.54, 1.807) is 6.08 Å². The molecule has 1 aliphatic carbocycles. The number of hydrogen-bond acceptors (Lipinski definition) is 2. The van der Waals surface area contributed by atoms with Crippen molar-refractivity contribution >= 4 is 0 Å². The van der Waals surface area contributed by atoms with Gasteiger partial charge in [0.2, 0.25) is 0 Å². The summed E-state index contributed by atoms with van der Waals surface area (Å²) in [6, 6.07) is 0. The van der Waals surface area contributed by atoms with E-state index >= 15 is 0 Å². The van der Waals surface area contributed by atoms with Crippen molar-refractivity contribution in [1.82, 2.24) is 0 Å². The predicted molar refractivity (Wildman–Crippen MR) is 70.0 cm³/mol. The molecule has 0 amide bonds. The van der Waals surface area contributed by atoms with Gasteiger partial charge in [-0.25, -0.2) is 0 Å². The molecule has 2 aliphatic rings. The maximum absolute atomic E-state index is 12.6. The molecular formula is C15H21F3O2. The van der Waals surface area contributed by atoms with E-state index in [1.165, 1.54) is 6.08 Å². The van der Waals surface area contributed by atoms with Gasteiger partial charge in [-0.15, -0.1) is 6.58 Å². The van der Waals surface area contributed by atoms with E-state index in [9.17, 15) is 13.2 Å². The second-order valence-electron chi connectivity index (χ2n) is 5.54. The summed E-state index contributed by atoms with van der Waals surface area (Å²) in [5.74, 6) is -1.02. The Balaban J connectivity index is 1.79. The zero-order valence-corrected chi connectivity index (χ0v) is 11.4. The van der Waals surface area contributed by atoms with Crippen molar-refractivity contribution in [3.63, 3.8) is 0 Å². The molecule has 0 bridgehead atoms. The van der Waals surface area contributed by atoms with E-state index in [2.05, 4.69) is 6.58 Å². The van der Waals surface area contributed by atoms with Crippen molar-refractivity contribution in [3.05, 3.63) is 24.8 Å². The van der Waals surface area contributed by atoms with Crippen molar-refractivity contribution in [2.75, 3.05) is 13.2 Å². The highest BCUT2D eigenvalue weighted by Gasteiger charge is 2.40. The maximum Gasteiger partial charge on any atom is 0.395 e. The van der Waals surface area contributed by atoms with Crippen LogP contribution in [0.25, 0.3) is 0 Å². The third kappa shape index (κ3) is 4.09. The highest BCUT2D eigenvalue weighted by molar-refractivity contribution is 5.01. The number of hydrogen-bond donors (Lipinski definition) is 0. The Kier molecular flexibility index (Phi) is 5.27. The Morgan fingerprint density at radius 2 is 1.85 bits per heavy atom. The van der Waals surface area contributed by atoms with Crippen molar-refractivity contribution in [1.29, 1.82) is 0 Å². The summed E-state index contributed by atoms with van der Waals surface area (Å²) in [5, 5.41) is 0. The minimum absolute atomic E-state index is 0.0612. The molecule has 1 heterocycles. The average molecular weight is 290 g/mol. The van der Waals surface area contributed by atoms with E-state index < -0.39 is 12.1 Å². The van der Waals surface area contributed by atoms with Gasteiger partial charge in [0, 0.05) is 11.8 Å². The predicted octanol–water partition coefficient (Wildman–Crippen LogP) is 4.09. The van der Waals surface area contributed by atoms with Crippen LogP contribution in [0.15, 0.2) is 24.8 Å². The fourth-order valence-electron chi connectivity index (χ4n) is 2.67. The lowest BCUT2D eigenvalue weighted by molar-refractivity contribution is -0.222. The summed E-state index contributed by atoms with van der Waals surface area (Å²) < 4.78 is 49.0. The van der Waals surface area contributed by atoms with Crippen molar-refractivity contribution in [3.8, 4) is 0 Å². The molecule has 0 aromatic heterocycles. The van der Waals surface area contributed by atoms with Crippen LogP contribution >= 0.6 is 0 Å². The molecule has 2 nitrogen and oxygen atoms in total. The lowest BCUT2D eigenvalue weighted by atomic mass is 9.87. The number of alkyl halides is 3. The quantitative estimate of drug-likeness (QED) is 0.726. The maximum atomic E-state index is 12.6. The first-order valence-electron chi connectivity index (χ1n) is 7.10. The molecule has 0 spiro atoms. The lowest BCUT2D eigenvalue weighted by Gasteiger charge is -2.35. The van der Waals surface area contributed by atoms with Gasteiger partial charge < -0.3 is 9.47 Å². The first-order chi connectivity index (χ1) is 9.50. The van der Waals surface area contributed by atoms with Crippen LogP contribution in [0.5, 0.6) is 0 Å². The average Bonchev–Trinajstić information content (AvgIpc) is 2.45. The van der Waals surface area contributed by atoms with Crippen LogP contribution in [0.3, 0.4) is 0 Å². The molecule has 0 N–H and O–H groups in total. The topological polar surface area (TPSA) is 18.5 Å². The van der Waals surface area contributed by atoms with Crippen LogP contribution in [-0.4, -0.2) is 25.7 Å². The first kappa shape index (κ1) is 15.6. The second-order valence-corrected chi connectivity index (χ2v) is 5.54. The van der Waals surface area contributed by atoms with Gasteiger partial charge in [0.1, 0.15) is 0 Å². The lowest BCUT2D eigenvalue weighted by Crippen LogP contribution is -2.38. The smallest absolute Gasteiger partial charge is 0.352 e. The van der Waals surface area contributed by atoms with E-state index in [0.29, 0.717) is 25.6 Å². The van der Waals surface area contributed by atoms with Gasteiger partial charge >= 0.3 is 6.18 Å². The van der Waals surface area contributed by atoms with Crippen LogP contribution in [0, 0.1) is 17.8 Å². The van der Waals surface area contributed by atoms with Crippen LogP contribution in [0.2, 0.25) is 0 Å². The molecule has 5 heteroatoms. The molecule has 0 radical (unpaired) electrons. The molecule has 1 fully saturated rings. The van der Waals surface area contributed by atoms with Crippen LogP contribution in [-0.2, 0) is 9.47 Å². The Hall–Kier alpha value is -0.810. The molecule has 20 heavy (non-hydrogen) atoms. The van der Waals surface area contributed by atoms with E-state index in [-0.39, 0.29) is 18.6 Å². The normalized spacial score (nSPS) is 35.0. The zero-order valence-electron chi connectivity index (χ0n) is 11.4. The summed E-state index contributed by atoms with van der Waals surface area (Å²) in [7, 11) is 0.